The van der Waals surface area contributed by atoms with Crippen molar-refractivity contribution < 1.29 is 22.5 Å². The quantitative estimate of drug-likeness (QED) is 0.749. The summed E-state index contributed by atoms with van der Waals surface area (Å²) in [6.07, 6.45) is 8.73. The van der Waals surface area contributed by atoms with E-state index in [0.29, 0.717) is 38.8 Å². The first kappa shape index (κ1) is 20.5. The summed E-state index contributed by atoms with van der Waals surface area (Å²) in [6, 6.07) is 5.84. The van der Waals surface area contributed by atoms with Crippen molar-refractivity contribution in [2.24, 2.45) is 0 Å². The number of halogens is 1. The molecule has 29 heavy (non-hydrogen) atoms. The number of hydrogen-bond acceptors (Lipinski definition) is 3. The monoisotopic (exact) mass is 422 g/mol. The number of rotatable bonds is 6. The molecule has 3 aliphatic rings. The van der Waals surface area contributed by atoms with Gasteiger partial charge in [0.05, 0.1) is 26.2 Å². The van der Waals surface area contributed by atoms with Gasteiger partial charge in [-0.25, -0.2) is 12.8 Å². The number of allylic oxidation sites excluding steroid dienone is 2. The first-order valence-electron chi connectivity index (χ1n) is 10.6. The van der Waals surface area contributed by atoms with Gasteiger partial charge in [-0.2, -0.15) is 4.31 Å². The van der Waals surface area contributed by atoms with E-state index in [1.807, 2.05) is 4.90 Å². The maximum Gasteiger partial charge on any atom is 0.282 e. The zero-order chi connectivity index (χ0) is 20.4. The topological polar surface area (TPSA) is 62.1 Å². The number of benzene rings is 1. The van der Waals surface area contributed by atoms with E-state index in [2.05, 4.69) is 6.08 Å². The molecule has 0 radical (unpaired) electrons. The predicted octanol–water partition coefficient (Wildman–Crippen LogP) is 1.16. The van der Waals surface area contributed by atoms with E-state index >= 15 is 0 Å². The molecule has 1 N–H and O–H groups in total. The Morgan fingerprint density at radius 1 is 1.17 bits per heavy atom. The molecule has 1 saturated heterocycles. The van der Waals surface area contributed by atoms with Gasteiger partial charge >= 0.3 is 0 Å². The van der Waals surface area contributed by atoms with Gasteiger partial charge in [-0.1, -0.05) is 18.2 Å². The standard InChI is InChI=1S/C21H28FN3O3S/c22-19-8-4-5-9-20(19)29(27,28)24-14-12-23(13-15-24)16-21(26)25(18-10-11-18)17-6-2-1-3-7-17/h4-6,8-9,18H,1-3,7,10-16H2/p+1. The number of nitrogens with one attached hydrogen (secondary N) is 1. The molecular weight excluding hydrogens is 393 g/mol. The summed E-state index contributed by atoms with van der Waals surface area (Å²) in [4.78, 5) is 15.9. The molecule has 2 fully saturated rings. The summed E-state index contributed by atoms with van der Waals surface area (Å²) >= 11 is 0. The molecule has 0 spiro atoms. The van der Waals surface area contributed by atoms with Crippen LogP contribution in [0.15, 0.2) is 40.9 Å². The molecule has 1 aromatic carbocycles. The van der Waals surface area contributed by atoms with E-state index in [4.69, 9.17) is 0 Å². The minimum absolute atomic E-state index is 0.154. The Morgan fingerprint density at radius 2 is 1.90 bits per heavy atom. The molecule has 0 atom stereocenters. The maximum absolute atomic E-state index is 14.0. The third kappa shape index (κ3) is 4.54. The average molecular weight is 423 g/mol. The lowest BCUT2D eigenvalue weighted by atomic mass is 10.0. The Morgan fingerprint density at radius 3 is 2.52 bits per heavy atom. The van der Waals surface area contributed by atoms with Gasteiger partial charge in [0.1, 0.15) is 10.7 Å². The molecule has 4 rings (SSSR count). The zero-order valence-electron chi connectivity index (χ0n) is 16.6. The van der Waals surface area contributed by atoms with Crippen molar-refractivity contribution in [3.8, 4) is 0 Å². The molecular formula is C21H29FN3O3S+. The van der Waals surface area contributed by atoms with Crippen LogP contribution in [-0.2, 0) is 14.8 Å². The Labute approximate surface area is 172 Å². The number of amides is 1. The predicted molar refractivity (Wildman–Crippen MR) is 107 cm³/mol. The van der Waals surface area contributed by atoms with Crippen molar-refractivity contribution in [3.05, 3.63) is 41.9 Å². The second-order valence-electron chi connectivity index (χ2n) is 8.20. The van der Waals surface area contributed by atoms with E-state index in [9.17, 15) is 17.6 Å². The normalized spacial score (nSPS) is 21.6. The van der Waals surface area contributed by atoms with E-state index < -0.39 is 15.8 Å². The highest BCUT2D eigenvalue weighted by atomic mass is 32.2. The van der Waals surface area contributed by atoms with Gasteiger partial charge in [-0.05, 0) is 50.7 Å². The minimum atomic E-state index is -3.84. The molecule has 1 saturated carbocycles. The van der Waals surface area contributed by atoms with Crippen molar-refractivity contribution in [1.29, 1.82) is 0 Å². The van der Waals surface area contributed by atoms with Crippen LogP contribution in [-0.4, -0.2) is 62.3 Å². The molecule has 1 aliphatic heterocycles. The molecule has 2 aliphatic carbocycles. The lowest BCUT2D eigenvalue weighted by molar-refractivity contribution is -0.895. The van der Waals surface area contributed by atoms with Gasteiger partial charge in [-0.3, -0.25) is 4.79 Å². The smallest absolute Gasteiger partial charge is 0.282 e. The van der Waals surface area contributed by atoms with Gasteiger partial charge in [0, 0.05) is 11.7 Å². The van der Waals surface area contributed by atoms with Crippen molar-refractivity contribution >= 4 is 15.9 Å². The van der Waals surface area contributed by atoms with Gasteiger partial charge in [0.25, 0.3) is 5.91 Å². The number of carbonyl (C=O) groups is 1. The first-order valence-corrected chi connectivity index (χ1v) is 12.0. The van der Waals surface area contributed by atoms with Crippen LogP contribution in [0.25, 0.3) is 0 Å². The highest BCUT2D eigenvalue weighted by molar-refractivity contribution is 7.89. The molecule has 0 bridgehead atoms. The summed E-state index contributed by atoms with van der Waals surface area (Å²) < 4.78 is 40.8. The lowest BCUT2D eigenvalue weighted by Gasteiger charge is -2.33. The number of nitrogens with zero attached hydrogens (tertiary/aromatic N) is 2. The fraction of sp³-hybridized carbons (Fsp3) is 0.571. The van der Waals surface area contributed by atoms with E-state index in [1.54, 1.807) is 0 Å². The molecule has 1 amide bonds. The Hall–Kier alpha value is -1.77. The van der Waals surface area contributed by atoms with Crippen LogP contribution in [0.3, 0.4) is 0 Å². The average Bonchev–Trinajstić information content (AvgIpc) is 3.54. The number of quaternary nitrogens is 1. The summed E-state index contributed by atoms with van der Waals surface area (Å²) in [7, 11) is -3.84. The molecule has 1 aromatic rings. The number of sulfonamides is 1. The summed E-state index contributed by atoms with van der Waals surface area (Å²) in [5, 5.41) is 0. The van der Waals surface area contributed by atoms with Crippen molar-refractivity contribution in [1.82, 2.24) is 9.21 Å². The largest absolute Gasteiger partial charge is 0.325 e. The van der Waals surface area contributed by atoms with Gasteiger partial charge < -0.3 is 9.80 Å². The van der Waals surface area contributed by atoms with Crippen LogP contribution in [0.2, 0.25) is 0 Å². The summed E-state index contributed by atoms with van der Waals surface area (Å²) in [6.45, 7) is 2.09. The zero-order valence-corrected chi connectivity index (χ0v) is 17.5. The van der Waals surface area contributed by atoms with Crippen molar-refractivity contribution in [2.45, 2.75) is 49.5 Å². The van der Waals surface area contributed by atoms with Crippen molar-refractivity contribution in [3.63, 3.8) is 0 Å². The number of piperazine rings is 1. The SMILES string of the molecule is O=C(C[NH+]1CCN(S(=O)(=O)c2ccccc2F)CC1)N(C1=CCCCC1)C1CC1. The Kier molecular flexibility index (Phi) is 6.03. The van der Waals surface area contributed by atoms with Crippen LogP contribution >= 0.6 is 0 Å². The highest BCUT2D eigenvalue weighted by Crippen LogP contribution is 2.33. The second kappa shape index (κ2) is 8.53. The number of carbonyl (C=O) groups excluding carboxylic acids is 1. The molecule has 0 unspecified atom stereocenters. The molecule has 6 nitrogen and oxygen atoms in total. The van der Waals surface area contributed by atoms with Crippen molar-refractivity contribution in [2.75, 3.05) is 32.7 Å². The Balaban J connectivity index is 1.36. The molecule has 0 aromatic heterocycles. The fourth-order valence-corrected chi connectivity index (χ4v) is 5.79. The van der Waals surface area contributed by atoms with Crippen LogP contribution in [0.4, 0.5) is 4.39 Å². The third-order valence-corrected chi connectivity index (χ3v) is 7.97. The molecule has 8 heteroatoms. The Bertz CT molecular complexity index is 890. The third-order valence-electron chi connectivity index (χ3n) is 6.04. The van der Waals surface area contributed by atoms with Crippen LogP contribution in [0.5, 0.6) is 0 Å². The number of hydrogen-bond donors (Lipinski definition) is 1. The fourth-order valence-electron chi connectivity index (χ4n) is 4.28. The van der Waals surface area contributed by atoms with E-state index in [1.165, 1.54) is 40.7 Å². The summed E-state index contributed by atoms with van der Waals surface area (Å²) in [5.41, 5.74) is 1.18. The minimum Gasteiger partial charge on any atom is -0.325 e. The van der Waals surface area contributed by atoms with E-state index in [-0.39, 0.29) is 10.8 Å². The van der Waals surface area contributed by atoms with Crippen LogP contribution < -0.4 is 4.90 Å². The van der Waals surface area contributed by atoms with E-state index in [0.717, 1.165) is 37.0 Å². The first-order chi connectivity index (χ1) is 14.0. The maximum atomic E-state index is 14.0. The molecule has 158 valence electrons. The molecule has 1 heterocycles. The van der Waals surface area contributed by atoms with Gasteiger partial charge in [-0.15, -0.1) is 0 Å². The highest BCUT2D eigenvalue weighted by Gasteiger charge is 2.38. The van der Waals surface area contributed by atoms with Gasteiger partial charge in [0.2, 0.25) is 10.0 Å². The summed E-state index contributed by atoms with van der Waals surface area (Å²) in [5.74, 6) is -0.570. The van der Waals surface area contributed by atoms with Crippen LogP contribution in [0, 0.1) is 5.82 Å². The van der Waals surface area contributed by atoms with Crippen LogP contribution in [0.1, 0.15) is 38.5 Å². The van der Waals surface area contributed by atoms with Gasteiger partial charge in [0.15, 0.2) is 6.54 Å². The second-order valence-corrected chi connectivity index (χ2v) is 10.1. The lowest BCUT2D eigenvalue weighted by Crippen LogP contribution is -3.15.